The van der Waals surface area contributed by atoms with Gasteiger partial charge in [0.05, 0.1) is 10.9 Å². The first-order valence-electron chi connectivity index (χ1n) is 13.6. The van der Waals surface area contributed by atoms with Crippen LogP contribution in [0.15, 0.2) is 81.3 Å². The maximum absolute atomic E-state index is 14.3. The molecular formula is C34H40FN7. The van der Waals surface area contributed by atoms with Crippen molar-refractivity contribution in [2.75, 3.05) is 7.05 Å². The Labute approximate surface area is 247 Å². The third-order valence-electron chi connectivity index (χ3n) is 6.00. The predicted molar refractivity (Wildman–Crippen MR) is 175 cm³/mol. The van der Waals surface area contributed by atoms with Gasteiger partial charge in [0.2, 0.25) is 0 Å². The van der Waals surface area contributed by atoms with Crippen LogP contribution in [0.3, 0.4) is 0 Å². The minimum atomic E-state index is -0.292. The van der Waals surface area contributed by atoms with E-state index in [1.165, 1.54) is 12.1 Å². The smallest absolute Gasteiger partial charge is 0.178 e. The predicted octanol–water partition coefficient (Wildman–Crippen LogP) is 6.50. The molecule has 0 spiro atoms. The van der Waals surface area contributed by atoms with Crippen LogP contribution in [0.1, 0.15) is 37.5 Å². The Morgan fingerprint density at radius 1 is 1.07 bits per heavy atom. The molecule has 218 valence electrons. The molecule has 0 bridgehead atoms. The van der Waals surface area contributed by atoms with Gasteiger partial charge in [-0.05, 0) is 85.1 Å². The van der Waals surface area contributed by atoms with Gasteiger partial charge < -0.3 is 10.3 Å². The molecule has 3 N–H and O–H groups in total. The number of imidazole rings is 1. The molecule has 0 aliphatic carbocycles. The number of fused-ring (bicyclic) bond motifs is 1. The number of aromatic nitrogens is 6. The van der Waals surface area contributed by atoms with E-state index in [9.17, 15) is 4.39 Å². The van der Waals surface area contributed by atoms with Gasteiger partial charge >= 0.3 is 0 Å². The van der Waals surface area contributed by atoms with Crippen LogP contribution >= 0.6 is 0 Å². The molecule has 0 aliphatic rings. The highest BCUT2D eigenvalue weighted by Crippen LogP contribution is 2.29. The van der Waals surface area contributed by atoms with Gasteiger partial charge in [-0.1, -0.05) is 26.5 Å². The molecule has 4 aromatic heterocycles. The lowest BCUT2D eigenvalue weighted by atomic mass is 10.0. The number of pyridine rings is 2. The summed E-state index contributed by atoms with van der Waals surface area (Å²) in [5.74, 6) is 0.251. The molecule has 0 amide bonds. The van der Waals surface area contributed by atoms with Crippen LogP contribution in [-0.2, 0) is 6.54 Å². The molecule has 1 aromatic carbocycles. The van der Waals surface area contributed by atoms with Crippen LogP contribution in [0.4, 0.5) is 4.39 Å². The summed E-state index contributed by atoms with van der Waals surface area (Å²) in [6, 6.07) is 8.95. The molecule has 0 aliphatic heterocycles. The van der Waals surface area contributed by atoms with Gasteiger partial charge in [0.15, 0.2) is 11.5 Å². The summed E-state index contributed by atoms with van der Waals surface area (Å²) in [7, 11) is 1.83. The summed E-state index contributed by atoms with van der Waals surface area (Å²) in [5, 5.41) is 12.0. The Balaban J connectivity index is 0.000000966. The zero-order valence-corrected chi connectivity index (χ0v) is 25.2. The van der Waals surface area contributed by atoms with Crippen molar-refractivity contribution in [3.63, 3.8) is 0 Å². The summed E-state index contributed by atoms with van der Waals surface area (Å²) < 4.78 is 14.3. The van der Waals surface area contributed by atoms with Crippen molar-refractivity contribution in [3.8, 4) is 22.6 Å². The Morgan fingerprint density at radius 3 is 2.50 bits per heavy atom. The van der Waals surface area contributed by atoms with Crippen LogP contribution in [0.5, 0.6) is 0 Å². The second-order valence-corrected chi connectivity index (χ2v) is 8.75. The first-order valence-corrected chi connectivity index (χ1v) is 13.6. The molecule has 0 atom stereocenters. The van der Waals surface area contributed by atoms with Gasteiger partial charge in [-0.2, -0.15) is 5.10 Å². The number of aromatic amines is 2. The van der Waals surface area contributed by atoms with Crippen molar-refractivity contribution < 1.29 is 4.39 Å². The van der Waals surface area contributed by atoms with Gasteiger partial charge in [-0.15, -0.1) is 26.3 Å². The fraction of sp³-hybridized carbons (Fsp3) is 0.176. The summed E-state index contributed by atoms with van der Waals surface area (Å²) >= 11 is 0. The fourth-order valence-corrected chi connectivity index (χ4v) is 4.16. The lowest BCUT2D eigenvalue weighted by Gasteiger charge is -2.07. The number of nitrogens with zero attached hydrogens (tertiary/aromatic N) is 4. The lowest BCUT2D eigenvalue weighted by Crippen LogP contribution is -2.21. The van der Waals surface area contributed by atoms with E-state index in [2.05, 4.69) is 74.4 Å². The SMILES string of the molecule is C=C.C=C.C=c1c(-c2nc3nccc(-c4cc(F)cc(CNC)c4)c3[nH]2)n[nH]/c1=C/C=C(\C)c1cncc(C)c1.CC. The quantitative estimate of drug-likeness (QED) is 0.204. The van der Waals surface area contributed by atoms with Crippen molar-refractivity contribution >= 4 is 29.4 Å². The number of halogens is 1. The molecule has 7 nitrogen and oxygen atoms in total. The molecule has 4 heterocycles. The first kappa shape index (κ1) is 33.3. The van der Waals surface area contributed by atoms with Crippen LogP contribution < -0.4 is 15.9 Å². The number of nitrogens with one attached hydrogen (secondary N) is 3. The average Bonchev–Trinajstić information content (AvgIpc) is 3.61. The minimum absolute atomic E-state index is 0.292. The zero-order chi connectivity index (χ0) is 31.2. The van der Waals surface area contributed by atoms with Crippen molar-refractivity contribution in [1.82, 2.24) is 35.5 Å². The maximum Gasteiger partial charge on any atom is 0.178 e. The highest BCUT2D eigenvalue weighted by Gasteiger charge is 2.15. The van der Waals surface area contributed by atoms with Crippen LogP contribution in [0.25, 0.3) is 52.0 Å². The van der Waals surface area contributed by atoms with Gasteiger partial charge in [0.1, 0.15) is 11.5 Å². The van der Waals surface area contributed by atoms with E-state index in [4.69, 9.17) is 0 Å². The fourth-order valence-electron chi connectivity index (χ4n) is 4.16. The first-order chi connectivity index (χ1) is 20.4. The Morgan fingerprint density at radius 2 is 1.81 bits per heavy atom. The monoisotopic (exact) mass is 565 g/mol. The van der Waals surface area contributed by atoms with Crippen molar-refractivity contribution in [2.45, 2.75) is 34.2 Å². The highest BCUT2D eigenvalue weighted by atomic mass is 19.1. The third-order valence-corrected chi connectivity index (χ3v) is 6.00. The molecule has 5 rings (SSSR count). The molecule has 5 aromatic rings. The molecule has 8 heteroatoms. The molecular weight excluding hydrogens is 525 g/mol. The van der Waals surface area contributed by atoms with E-state index in [1.54, 1.807) is 6.20 Å². The molecule has 0 radical (unpaired) electrons. The van der Waals surface area contributed by atoms with Crippen molar-refractivity contribution in [2.24, 2.45) is 0 Å². The van der Waals surface area contributed by atoms with E-state index in [-0.39, 0.29) is 5.82 Å². The van der Waals surface area contributed by atoms with E-state index in [0.29, 0.717) is 34.4 Å². The van der Waals surface area contributed by atoms with Crippen LogP contribution in [0, 0.1) is 12.7 Å². The second kappa shape index (κ2) is 16.3. The van der Waals surface area contributed by atoms with E-state index in [1.807, 2.05) is 71.4 Å². The Bertz CT molecular complexity index is 1750. The topological polar surface area (TPSA) is 95.2 Å². The standard InChI is InChI=1S/C28H26FN7.C2H6.2C2H4/c1-16-9-21(15-31-13-16)17(2)5-6-24-18(3)25(36-35-24)28-33-26-23(7-8-32-27(26)34-28)20-10-19(14-30-4)11-22(29)12-20;3*1-2/h5-13,15,30,35H,3,14H2,1-2,4H3,(H,32,33,34);1-2H3;2*1-2H2/b17-5+,24-6+;;;. The summed E-state index contributed by atoms with van der Waals surface area (Å²) in [6.07, 6.45) is 9.30. The summed E-state index contributed by atoms with van der Waals surface area (Å²) in [4.78, 5) is 16.6. The van der Waals surface area contributed by atoms with Gasteiger partial charge in [-0.3, -0.25) is 10.1 Å². The van der Waals surface area contributed by atoms with Gasteiger partial charge in [0, 0.05) is 35.9 Å². The van der Waals surface area contributed by atoms with Crippen molar-refractivity contribution in [3.05, 3.63) is 114 Å². The molecule has 0 saturated carbocycles. The summed E-state index contributed by atoms with van der Waals surface area (Å²) in [6.45, 7) is 24.8. The van der Waals surface area contributed by atoms with Gasteiger partial charge in [-0.25, -0.2) is 14.4 Å². The Hall–Kier alpha value is -4.95. The maximum atomic E-state index is 14.3. The zero-order valence-electron chi connectivity index (χ0n) is 25.2. The normalized spacial score (nSPS) is 11.1. The second-order valence-electron chi connectivity index (χ2n) is 8.75. The number of H-pyrrole nitrogens is 2. The highest BCUT2D eigenvalue weighted by molar-refractivity contribution is 5.91. The number of hydrogen-bond donors (Lipinski definition) is 3. The number of hydrogen-bond acceptors (Lipinski definition) is 5. The molecule has 42 heavy (non-hydrogen) atoms. The third kappa shape index (κ3) is 7.83. The van der Waals surface area contributed by atoms with Gasteiger partial charge in [0.25, 0.3) is 0 Å². The number of allylic oxidation sites excluding steroid dienone is 2. The minimum Gasteiger partial charge on any atom is -0.335 e. The Kier molecular flexibility index (Phi) is 12.9. The van der Waals surface area contributed by atoms with Crippen LogP contribution in [0.2, 0.25) is 0 Å². The lowest BCUT2D eigenvalue weighted by molar-refractivity contribution is 0.624. The molecule has 0 fully saturated rings. The number of rotatable bonds is 6. The average molecular weight is 566 g/mol. The molecule has 0 unspecified atom stereocenters. The van der Waals surface area contributed by atoms with E-state index in [0.717, 1.165) is 38.7 Å². The van der Waals surface area contributed by atoms with Crippen molar-refractivity contribution in [1.29, 1.82) is 0 Å². The number of benzene rings is 1. The summed E-state index contributed by atoms with van der Waals surface area (Å²) in [5.41, 5.74) is 7.50. The van der Waals surface area contributed by atoms with E-state index >= 15 is 0 Å². The molecule has 0 saturated heterocycles. The van der Waals surface area contributed by atoms with Crippen LogP contribution in [-0.4, -0.2) is 37.2 Å². The van der Waals surface area contributed by atoms with E-state index < -0.39 is 0 Å². The largest absolute Gasteiger partial charge is 0.335 e. The number of aryl methyl sites for hydroxylation is 1.